The van der Waals surface area contributed by atoms with Crippen LogP contribution in [0.2, 0.25) is 0 Å². The van der Waals surface area contributed by atoms with Gasteiger partial charge in [0.1, 0.15) is 12.1 Å². The third-order valence-corrected chi connectivity index (χ3v) is 9.64. The molecule has 0 bridgehead atoms. The van der Waals surface area contributed by atoms with E-state index in [0.29, 0.717) is 0 Å². The molecule has 4 unspecified atom stereocenters. The van der Waals surface area contributed by atoms with E-state index in [4.69, 9.17) is 17.5 Å². The average molecular weight is 917 g/mol. The quantitative estimate of drug-likeness (QED) is 0.108. The number of hydrogen-bond acceptors (Lipinski definition) is 8. The number of carbonyl (C=O) groups is 2. The molecule has 14 N–H and O–H groups in total. The Balaban J connectivity index is 0.000000976. The second-order valence-electron chi connectivity index (χ2n) is 13.1. The van der Waals surface area contributed by atoms with E-state index in [2.05, 4.69) is 32.1 Å². The molecule has 1 radical (unpaired) electrons. The second-order valence-corrected chi connectivity index (χ2v) is 14.0. The van der Waals surface area contributed by atoms with E-state index in [1.54, 1.807) is 22.4 Å². The van der Waals surface area contributed by atoms with Crippen LogP contribution in [0.15, 0.2) is 132 Å². The maximum Gasteiger partial charge on any atom is 0.394 e. The van der Waals surface area contributed by atoms with Gasteiger partial charge in [-0.25, -0.2) is 20.0 Å². The molecule has 4 heterocycles. The van der Waals surface area contributed by atoms with Crippen molar-refractivity contribution in [2.45, 2.75) is 38.0 Å². The van der Waals surface area contributed by atoms with Crippen molar-refractivity contribution < 1.29 is 71.6 Å². The van der Waals surface area contributed by atoms with Gasteiger partial charge < -0.3 is 37.3 Å². The zero-order valence-electron chi connectivity index (χ0n) is 33.4. The van der Waals surface area contributed by atoms with Crippen molar-refractivity contribution in [3.8, 4) is 0 Å². The Kier molecular flexibility index (Phi) is 21.7. The van der Waals surface area contributed by atoms with E-state index in [-0.39, 0.29) is 68.3 Å². The smallest absolute Gasteiger partial charge is 0.394 e. The van der Waals surface area contributed by atoms with Crippen LogP contribution in [-0.2, 0) is 37.1 Å². The van der Waals surface area contributed by atoms with Crippen molar-refractivity contribution in [2.24, 2.45) is 9.98 Å². The number of nitrogens with zero attached hydrogens (tertiary/aromatic N) is 6. The maximum absolute atomic E-state index is 12.9. The van der Waals surface area contributed by atoms with Crippen molar-refractivity contribution in [3.63, 3.8) is 0 Å². The van der Waals surface area contributed by atoms with Crippen LogP contribution in [0.4, 0.5) is 11.4 Å². The van der Waals surface area contributed by atoms with Crippen LogP contribution in [0.5, 0.6) is 0 Å². The molecule has 19 nitrogen and oxygen atoms in total. The van der Waals surface area contributed by atoms with Gasteiger partial charge in [0.2, 0.25) is 0 Å². The molecule has 8 rings (SSSR count). The number of hydrazine groups is 2. The molecule has 2 fully saturated rings. The molecule has 21 heteroatoms. The fourth-order valence-corrected chi connectivity index (χ4v) is 6.60. The van der Waals surface area contributed by atoms with Gasteiger partial charge in [0.15, 0.2) is 0 Å². The summed E-state index contributed by atoms with van der Waals surface area (Å²) < 4.78 is 31.6. The van der Waals surface area contributed by atoms with Gasteiger partial charge in [0, 0.05) is 88.9 Å². The zero-order chi connectivity index (χ0) is 39.3. The van der Waals surface area contributed by atoms with Gasteiger partial charge in [-0.15, -0.1) is 0 Å². The summed E-state index contributed by atoms with van der Waals surface area (Å²) in [5.41, 5.74) is 5.86. The number of hydrogen-bond donors (Lipinski definition) is 4. The number of nitrogens with one attached hydrogen (secondary N) is 2. The molecule has 2 aliphatic heterocycles. The number of para-hydroxylation sites is 4. The number of aromatic nitrogens is 2. The minimum absolute atomic E-state index is 0. The molecule has 335 valence electrons. The number of likely N-dealkylation sites (N-methyl/N-ethyl adjacent to an activating group) is 2. The van der Waals surface area contributed by atoms with Crippen molar-refractivity contribution >= 4 is 67.8 Å². The van der Waals surface area contributed by atoms with Gasteiger partial charge in [-0.2, -0.15) is 8.42 Å². The third kappa shape index (κ3) is 12.7. The van der Waals surface area contributed by atoms with Crippen molar-refractivity contribution in [1.29, 1.82) is 0 Å². The van der Waals surface area contributed by atoms with Gasteiger partial charge >= 0.3 is 10.4 Å². The van der Waals surface area contributed by atoms with E-state index in [9.17, 15) is 9.59 Å². The predicted molar refractivity (Wildman–Crippen MR) is 234 cm³/mol. The number of aliphatic imine (C=N–C) groups is 2. The fraction of sp³-hybridized carbons (Fsp3) is 0.200. The minimum Gasteiger partial charge on any atom is -0.412 e. The number of H-pyrrole nitrogens is 2. The number of benzene rings is 4. The number of carbonyl (C=O) groups excluding carboxylic acids is 2. The molecule has 6 aromatic rings. The Labute approximate surface area is 362 Å². The van der Waals surface area contributed by atoms with Crippen LogP contribution in [0.25, 0.3) is 21.8 Å². The first-order valence-electron chi connectivity index (χ1n) is 17.5. The van der Waals surface area contributed by atoms with Crippen LogP contribution in [0.3, 0.4) is 0 Å². The van der Waals surface area contributed by atoms with Crippen LogP contribution < -0.4 is 10.0 Å². The van der Waals surface area contributed by atoms with Gasteiger partial charge in [-0.3, -0.25) is 28.7 Å². The standard InChI is InChI=1S/2C20H20N4O.Cu.H2O4S.5H2O/c2*1-14-19(20(25)24(23(14)2)16-8-4-3-5-9-16)22-13-15-12-21-18-11-7-6-10-17(15)18;;1-5(2,3)4;;;;;/h2*3-14,19,21H,1-2H3;;(H2,1,2,3,4);5*1H2. The number of aromatic amines is 2. The summed E-state index contributed by atoms with van der Waals surface area (Å²) in [6.45, 7) is 4.05. The zero-order valence-corrected chi connectivity index (χ0v) is 35.2. The van der Waals surface area contributed by atoms with Crippen LogP contribution in [0.1, 0.15) is 25.0 Å². The Bertz CT molecular complexity index is 2290. The molecule has 2 saturated heterocycles. The molecule has 0 spiro atoms. The first-order valence-corrected chi connectivity index (χ1v) is 18.8. The Hall–Kier alpha value is -5.65. The summed E-state index contributed by atoms with van der Waals surface area (Å²) >= 11 is 0. The van der Waals surface area contributed by atoms with E-state index >= 15 is 0 Å². The van der Waals surface area contributed by atoms with Crippen LogP contribution in [0, 0.1) is 0 Å². The van der Waals surface area contributed by atoms with Gasteiger partial charge in [-0.1, -0.05) is 72.8 Å². The normalized spacial score (nSPS) is 18.7. The summed E-state index contributed by atoms with van der Waals surface area (Å²) in [6.07, 6.45) is 7.47. The predicted octanol–water partition coefficient (Wildman–Crippen LogP) is 1.70. The van der Waals surface area contributed by atoms with Gasteiger partial charge in [0.25, 0.3) is 11.8 Å². The van der Waals surface area contributed by atoms with E-state index < -0.39 is 22.5 Å². The summed E-state index contributed by atoms with van der Waals surface area (Å²) in [6, 6.07) is 34.7. The van der Waals surface area contributed by atoms with Crippen molar-refractivity contribution in [3.05, 3.63) is 133 Å². The first kappa shape index (κ1) is 55.3. The molecule has 4 atom stereocenters. The monoisotopic (exact) mass is 915 g/mol. The number of anilines is 2. The fourth-order valence-electron chi connectivity index (χ4n) is 6.60. The molecule has 61 heavy (non-hydrogen) atoms. The van der Waals surface area contributed by atoms with Crippen LogP contribution in [-0.4, -0.2) is 127 Å². The van der Waals surface area contributed by atoms with Crippen molar-refractivity contribution in [2.75, 3.05) is 24.1 Å². The van der Waals surface area contributed by atoms with Crippen LogP contribution >= 0.6 is 0 Å². The summed E-state index contributed by atoms with van der Waals surface area (Å²) in [5.74, 6) is -0.00502. The molecular formula is C40H52CuN8O11S. The summed E-state index contributed by atoms with van der Waals surface area (Å²) in [4.78, 5) is 41.5. The van der Waals surface area contributed by atoms with E-state index in [0.717, 1.165) is 44.3 Å². The Morgan fingerprint density at radius 2 is 0.852 bits per heavy atom. The molecule has 0 aliphatic carbocycles. The average Bonchev–Trinajstić information content (AvgIpc) is 3.89. The molecule has 2 amide bonds. The Morgan fingerprint density at radius 3 is 1.18 bits per heavy atom. The summed E-state index contributed by atoms with van der Waals surface area (Å²) in [7, 11) is -0.812. The molecule has 2 aromatic heterocycles. The first-order chi connectivity index (χ1) is 26.3. The largest absolute Gasteiger partial charge is 0.412 e. The molecule has 4 aromatic carbocycles. The second kappa shape index (κ2) is 24.0. The minimum atomic E-state index is -4.67. The van der Waals surface area contributed by atoms with Gasteiger partial charge in [-0.05, 0) is 50.2 Å². The van der Waals surface area contributed by atoms with E-state index in [1.807, 2.05) is 147 Å². The van der Waals surface area contributed by atoms with Crippen molar-refractivity contribution in [1.82, 2.24) is 20.0 Å². The number of fused-ring (bicyclic) bond motifs is 2. The molecule has 2 aliphatic rings. The molecular weight excluding hydrogens is 864 g/mol. The molecule has 0 saturated carbocycles. The topological polar surface area (TPSA) is 336 Å². The van der Waals surface area contributed by atoms with E-state index in [1.165, 1.54) is 0 Å². The third-order valence-electron chi connectivity index (χ3n) is 9.64. The number of amides is 2. The summed E-state index contributed by atoms with van der Waals surface area (Å²) in [5, 5.41) is 9.54. The maximum atomic E-state index is 12.9. The Morgan fingerprint density at radius 1 is 0.557 bits per heavy atom. The van der Waals surface area contributed by atoms with Gasteiger partial charge in [0.05, 0.1) is 23.5 Å². The SMILES string of the molecule is CC1C(N=Cc2c[nH]c3ccccc23)C(=O)N(c2ccccc2)N1C.CC1C(N=Cc2c[nH]c3ccccc23)C(=O)N(c2ccccc2)N1C.O.O.O.O.O.O=S(=O)(O)O.[Cu]. The number of rotatable bonds is 6.